The summed E-state index contributed by atoms with van der Waals surface area (Å²) >= 11 is 0. The molecule has 0 saturated heterocycles. The minimum Gasteiger partial charge on any atom is -0.475 e. The third-order valence-electron chi connectivity index (χ3n) is 5.54. The molecule has 1 aliphatic heterocycles. The highest BCUT2D eigenvalue weighted by molar-refractivity contribution is 5.82. The van der Waals surface area contributed by atoms with Crippen LogP contribution in [0.4, 0.5) is 0 Å². The van der Waals surface area contributed by atoms with Gasteiger partial charge in [0.15, 0.2) is 5.88 Å². The predicted octanol–water partition coefficient (Wildman–Crippen LogP) is 1.67. The summed E-state index contributed by atoms with van der Waals surface area (Å²) in [6, 6.07) is -0.0539. The molecule has 6 nitrogen and oxygen atoms in total. The number of carbonyl (C=O) groups excluding carboxylic acids is 1. The molecule has 1 fully saturated rings. The van der Waals surface area contributed by atoms with E-state index in [0.717, 1.165) is 32.1 Å². The van der Waals surface area contributed by atoms with E-state index in [9.17, 15) is 15.0 Å². The summed E-state index contributed by atoms with van der Waals surface area (Å²) in [5.41, 5.74) is -0.292. The molecule has 1 saturated carbocycles. The van der Waals surface area contributed by atoms with Crippen LogP contribution in [0.15, 0.2) is 12.0 Å². The Morgan fingerprint density at radius 2 is 2.00 bits per heavy atom. The minimum absolute atomic E-state index is 0.0273. The Morgan fingerprint density at radius 1 is 1.36 bits per heavy atom. The fourth-order valence-electron chi connectivity index (χ4n) is 3.69. The molecule has 0 aromatic rings. The third kappa shape index (κ3) is 5.19. The van der Waals surface area contributed by atoms with Gasteiger partial charge in [0.25, 0.3) is 0 Å². The van der Waals surface area contributed by atoms with Crippen molar-refractivity contribution in [2.75, 3.05) is 6.61 Å². The third-order valence-corrected chi connectivity index (χ3v) is 5.54. The van der Waals surface area contributed by atoms with Gasteiger partial charge in [0.1, 0.15) is 6.10 Å². The lowest BCUT2D eigenvalue weighted by Crippen LogP contribution is -2.47. The second-order valence-electron chi connectivity index (χ2n) is 8.15. The van der Waals surface area contributed by atoms with Crippen molar-refractivity contribution in [3.8, 4) is 0 Å². The number of hydrogen-bond acceptors (Lipinski definition) is 5. The van der Waals surface area contributed by atoms with Crippen LogP contribution in [0.2, 0.25) is 0 Å². The quantitative estimate of drug-likeness (QED) is 0.558. The summed E-state index contributed by atoms with van der Waals surface area (Å²) in [6.45, 7) is 7.98. The standard InChI is InChI=1S/C19H34N2O4/c1-5-16-15(19(3,4)11-22)10-17(25-16)21-18(24)12(2)20-13-6-8-14(23)9-7-13/h10,12-16,20,22-23H,5-9,11H2,1-4H3,(H,21,24). The lowest BCUT2D eigenvalue weighted by molar-refractivity contribution is -0.123. The SMILES string of the molecule is CCC1OC(NC(=O)C(C)NC2CCC(O)CC2)=CC1C(C)(C)CO. The zero-order valence-electron chi connectivity index (χ0n) is 15.9. The van der Waals surface area contributed by atoms with Crippen molar-refractivity contribution in [1.82, 2.24) is 10.6 Å². The van der Waals surface area contributed by atoms with Gasteiger partial charge in [0.05, 0.1) is 12.1 Å². The summed E-state index contributed by atoms with van der Waals surface area (Å²) in [7, 11) is 0. The Bertz CT molecular complexity index is 484. The van der Waals surface area contributed by atoms with Crippen molar-refractivity contribution in [3.63, 3.8) is 0 Å². The van der Waals surface area contributed by atoms with Crippen molar-refractivity contribution in [2.24, 2.45) is 11.3 Å². The maximum atomic E-state index is 12.5. The maximum Gasteiger partial charge on any atom is 0.243 e. The Hall–Kier alpha value is -1.11. The molecule has 6 heteroatoms. The van der Waals surface area contributed by atoms with Crippen LogP contribution in [-0.4, -0.2) is 47.0 Å². The smallest absolute Gasteiger partial charge is 0.243 e. The molecule has 0 radical (unpaired) electrons. The van der Waals surface area contributed by atoms with Crippen LogP contribution in [-0.2, 0) is 9.53 Å². The van der Waals surface area contributed by atoms with E-state index >= 15 is 0 Å². The highest BCUT2D eigenvalue weighted by Gasteiger charge is 2.39. The number of hydrogen-bond donors (Lipinski definition) is 4. The number of amides is 1. The van der Waals surface area contributed by atoms with Crippen LogP contribution in [0.25, 0.3) is 0 Å². The van der Waals surface area contributed by atoms with Crippen LogP contribution in [0, 0.1) is 11.3 Å². The highest BCUT2D eigenvalue weighted by atomic mass is 16.5. The molecular formula is C19H34N2O4. The van der Waals surface area contributed by atoms with E-state index in [1.54, 1.807) is 0 Å². The molecule has 0 aromatic heterocycles. The van der Waals surface area contributed by atoms with Gasteiger partial charge >= 0.3 is 0 Å². The molecule has 0 spiro atoms. The van der Waals surface area contributed by atoms with Gasteiger partial charge in [0.2, 0.25) is 5.91 Å². The van der Waals surface area contributed by atoms with Crippen molar-refractivity contribution < 1.29 is 19.7 Å². The second-order valence-corrected chi connectivity index (χ2v) is 8.15. The number of carbonyl (C=O) groups is 1. The van der Waals surface area contributed by atoms with E-state index < -0.39 is 0 Å². The van der Waals surface area contributed by atoms with E-state index in [4.69, 9.17) is 4.74 Å². The minimum atomic E-state index is -0.324. The zero-order chi connectivity index (χ0) is 18.6. The predicted molar refractivity (Wildman–Crippen MR) is 96.6 cm³/mol. The Balaban J connectivity index is 1.90. The lowest BCUT2D eigenvalue weighted by atomic mass is 9.76. The van der Waals surface area contributed by atoms with Gasteiger partial charge in [-0.1, -0.05) is 20.8 Å². The number of nitrogens with one attached hydrogen (secondary N) is 2. The van der Waals surface area contributed by atoms with Crippen LogP contribution < -0.4 is 10.6 Å². The zero-order valence-corrected chi connectivity index (χ0v) is 15.9. The van der Waals surface area contributed by atoms with Crippen LogP contribution in [0.1, 0.15) is 59.8 Å². The fraction of sp³-hybridized carbons (Fsp3) is 0.842. The molecule has 3 atom stereocenters. The molecule has 4 N–H and O–H groups in total. The summed E-state index contributed by atoms with van der Waals surface area (Å²) < 4.78 is 5.89. The summed E-state index contributed by atoms with van der Waals surface area (Å²) in [6.07, 6.45) is 5.89. The van der Waals surface area contributed by atoms with Gasteiger partial charge in [0, 0.05) is 18.6 Å². The molecule has 0 bridgehead atoms. The van der Waals surface area contributed by atoms with Gasteiger partial charge in [-0.05, 0) is 50.5 Å². The van der Waals surface area contributed by atoms with E-state index in [2.05, 4.69) is 10.6 Å². The average molecular weight is 354 g/mol. The van der Waals surface area contributed by atoms with Gasteiger partial charge in [-0.3, -0.25) is 10.1 Å². The molecule has 3 unspecified atom stereocenters. The maximum absolute atomic E-state index is 12.5. The van der Waals surface area contributed by atoms with Crippen molar-refractivity contribution in [3.05, 3.63) is 12.0 Å². The first-order valence-corrected chi connectivity index (χ1v) is 9.51. The first kappa shape index (κ1) is 20.2. The molecule has 1 amide bonds. The van der Waals surface area contributed by atoms with E-state index in [1.165, 1.54) is 0 Å². The van der Waals surface area contributed by atoms with E-state index in [-0.39, 0.29) is 48.1 Å². The molecule has 0 aromatic carbocycles. The van der Waals surface area contributed by atoms with E-state index in [0.29, 0.717) is 5.88 Å². The number of aliphatic hydroxyl groups is 2. The fourth-order valence-corrected chi connectivity index (χ4v) is 3.69. The van der Waals surface area contributed by atoms with Gasteiger partial charge < -0.3 is 20.3 Å². The average Bonchev–Trinajstić information content (AvgIpc) is 3.00. The molecule has 2 aliphatic rings. The molecule has 25 heavy (non-hydrogen) atoms. The normalized spacial score (nSPS) is 31.2. The lowest BCUT2D eigenvalue weighted by Gasteiger charge is -2.31. The molecule has 1 heterocycles. The highest BCUT2D eigenvalue weighted by Crippen LogP contribution is 2.38. The molecular weight excluding hydrogens is 320 g/mol. The molecule has 144 valence electrons. The largest absolute Gasteiger partial charge is 0.475 e. The van der Waals surface area contributed by atoms with Gasteiger partial charge in [-0.2, -0.15) is 0 Å². The Labute approximate surface area is 151 Å². The van der Waals surface area contributed by atoms with Crippen LogP contribution >= 0.6 is 0 Å². The summed E-state index contributed by atoms with van der Waals surface area (Å²) in [5.74, 6) is 0.451. The summed E-state index contributed by atoms with van der Waals surface area (Å²) in [5, 5.41) is 25.4. The first-order chi connectivity index (χ1) is 11.8. The number of rotatable bonds is 7. The second kappa shape index (κ2) is 8.52. The van der Waals surface area contributed by atoms with E-state index in [1.807, 2.05) is 33.8 Å². The van der Waals surface area contributed by atoms with Crippen LogP contribution in [0.3, 0.4) is 0 Å². The molecule has 2 rings (SSSR count). The van der Waals surface area contributed by atoms with Crippen LogP contribution in [0.5, 0.6) is 0 Å². The van der Waals surface area contributed by atoms with Crippen molar-refractivity contribution in [2.45, 2.75) is 84.1 Å². The Kier molecular flexibility index (Phi) is 6.88. The topological polar surface area (TPSA) is 90.8 Å². The van der Waals surface area contributed by atoms with Crippen molar-refractivity contribution >= 4 is 5.91 Å². The Morgan fingerprint density at radius 3 is 2.56 bits per heavy atom. The summed E-state index contributed by atoms with van der Waals surface area (Å²) in [4.78, 5) is 12.5. The van der Waals surface area contributed by atoms with Crippen molar-refractivity contribution in [1.29, 1.82) is 0 Å². The molecule has 1 aliphatic carbocycles. The monoisotopic (exact) mass is 354 g/mol. The first-order valence-electron chi connectivity index (χ1n) is 9.51. The number of aliphatic hydroxyl groups excluding tert-OH is 2. The van der Waals surface area contributed by atoms with Gasteiger partial charge in [-0.25, -0.2) is 0 Å². The van der Waals surface area contributed by atoms with Gasteiger partial charge in [-0.15, -0.1) is 0 Å². The number of ether oxygens (including phenoxy) is 1.